The Hall–Kier alpha value is -0.610. The normalized spacial score (nSPS) is 21.2. The monoisotopic (exact) mass is 217 g/mol. The summed E-state index contributed by atoms with van der Waals surface area (Å²) in [4.78, 5) is 4.35. The molecule has 1 atom stereocenters. The van der Waals surface area contributed by atoms with Crippen molar-refractivity contribution in [3.8, 4) is 0 Å². The minimum absolute atomic E-state index is 0. The van der Waals surface area contributed by atoms with Crippen molar-refractivity contribution < 1.29 is 4.52 Å². The van der Waals surface area contributed by atoms with Crippen molar-refractivity contribution in [3.63, 3.8) is 0 Å². The predicted molar refractivity (Wildman–Crippen MR) is 55.6 cm³/mol. The van der Waals surface area contributed by atoms with Gasteiger partial charge in [-0.3, -0.25) is 0 Å². The number of hydrogen-bond donors (Lipinski definition) is 1. The minimum atomic E-state index is 0. The van der Waals surface area contributed by atoms with Crippen LogP contribution in [0.15, 0.2) is 4.52 Å². The van der Waals surface area contributed by atoms with Gasteiger partial charge in [0.1, 0.15) is 0 Å². The van der Waals surface area contributed by atoms with Gasteiger partial charge in [0.2, 0.25) is 5.89 Å². The highest BCUT2D eigenvalue weighted by Gasteiger charge is 2.22. The van der Waals surface area contributed by atoms with Gasteiger partial charge in [0.15, 0.2) is 5.82 Å². The van der Waals surface area contributed by atoms with E-state index in [4.69, 9.17) is 4.52 Å². The minimum Gasteiger partial charge on any atom is -0.338 e. The molecule has 0 radical (unpaired) electrons. The van der Waals surface area contributed by atoms with Crippen LogP contribution in [0.3, 0.4) is 0 Å². The molecule has 14 heavy (non-hydrogen) atoms. The van der Waals surface area contributed by atoms with Crippen molar-refractivity contribution in [3.05, 3.63) is 11.7 Å². The van der Waals surface area contributed by atoms with Crippen LogP contribution in [0.2, 0.25) is 0 Å². The summed E-state index contributed by atoms with van der Waals surface area (Å²) in [5.74, 6) is 1.91. The van der Waals surface area contributed by atoms with Crippen LogP contribution >= 0.6 is 12.4 Å². The zero-order valence-electron chi connectivity index (χ0n) is 8.49. The Morgan fingerprint density at radius 3 is 2.79 bits per heavy atom. The highest BCUT2D eigenvalue weighted by Crippen LogP contribution is 2.22. The van der Waals surface area contributed by atoms with E-state index >= 15 is 0 Å². The van der Waals surface area contributed by atoms with E-state index in [0.29, 0.717) is 12.0 Å². The average Bonchev–Trinajstić information content (AvgIpc) is 2.75. The van der Waals surface area contributed by atoms with Crippen LogP contribution in [0.5, 0.6) is 0 Å². The second-order valence-electron chi connectivity index (χ2n) is 3.79. The van der Waals surface area contributed by atoms with Crippen molar-refractivity contribution in [2.24, 2.45) is 0 Å². The quantitative estimate of drug-likeness (QED) is 0.824. The Balaban J connectivity index is 0.000000980. The van der Waals surface area contributed by atoms with E-state index < -0.39 is 0 Å². The molecule has 2 heterocycles. The summed E-state index contributed by atoms with van der Waals surface area (Å²) in [6.07, 6.45) is 2.31. The lowest BCUT2D eigenvalue weighted by atomic mass is 10.2. The number of nitrogens with one attached hydrogen (secondary N) is 1. The fourth-order valence-electron chi connectivity index (χ4n) is 1.52. The Morgan fingerprint density at radius 1 is 1.50 bits per heavy atom. The van der Waals surface area contributed by atoms with Gasteiger partial charge in [-0.2, -0.15) is 4.98 Å². The maximum atomic E-state index is 5.19. The zero-order valence-corrected chi connectivity index (χ0v) is 9.30. The fourth-order valence-corrected chi connectivity index (χ4v) is 1.52. The highest BCUT2D eigenvalue weighted by molar-refractivity contribution is 5.85. The molecule has 1 fully saturated rings. The topological polar surface area (TPSA) is 51.0 Å². The van der Waals surface area contributed by atoms with E-state index in [9.17, 15) is 0 Å². The first-order valence-electron chi connectivity index (χ1n) is 4.84. The van der Waals surface area contributed by atoms with Crippen LogP contribution in [0, 0.1) is 0 Å². The van der Waals surface area contributed by atoms with Crippen molar-refractivity contribution in [2.75, 3.05) is 6.54 Å². The SMILES string of the molecule is CC(C)c1noc(C2CCCN2)n1.Cl. The molecule has 0 spiro atoms. The summed E-state index contributed by atoms with van der Waals surface area (Å²) in [6, 6.07) is 0.292. The summed E-state index contributed by atoms with van der Waals surface area (Å²) < 4.78 is 5.19. The number of aromatic nitrogens is 2. The third kappa shape index (κ3) is 2.25. The Morgan fingerprint density at radius 2 is 2.29 bits per heavy atom. The van der Waals surface area contributed by atoms with Crippen LogP contribution in [0.25, 0.3) is 0 Å². The standard InChI is InChI=1S/C9H15N3O.ClH/c1-6(2)8-11-9(13-12-8)7-4-3-5-10-7;/h6-7,10H,3-5H2,1-2H3;1H. The molecule has 2 rings (SSSR count). The lowest BCUT2D eigenvalue weighted by Crippen LogP contribution is -2.13. The molecule has 1 aliphatic rings. The molecule has 0 saturated carbocycles. The Bertz CT molecular complexity index is 281. The molecule has 1 N–H and O–H groups in total. The number of halogens is 1. The summed E-state index contributed by atoms with van der Waals surface area (Å²) in [6.45, 7) is 5.19. The van der Waals surface area contributed by atoms with Gasteiger partial charge in [0, 0.05) is 5.92 Å². The summed E-state index contributed by atoms with van der Waals surface area (Å²) in [5, 5.41) is 7.26. The Labute approximate surface area is 89.9 Å². The van der Waals surface area contributed by atoms with Gasteiger partial charge >= 0.3 is 0 Å². The van der Waals surface area contributed by atoms with E-state index in [1.807, 2.05) is 0 Å². The van der Waals surface area contributed by atoms with Crippen LogP contribution < -0.4 is 5.32 Å². The fraction of sp³-hybridized carbons (Fsp3) is 0.778. The lowest BCUT2D eigenvalue weighted by molar-refractivity contribution is 0.340. The Kier molecular flexibility index (Phi) is 3.89. The molecule has 1 aliphatic heterocycles. The molecule has 80 valence electrons. The van der Waals surface area contributed by atoms with Crippen LogP contribution in [-0.4, -0.2) is 16.7 Å². The molecule has 4 nitrogen and oxygen atoms in total. The van der Waals surface area contributed by atoms with Crippen LogP contribution in [-0.2, 0) is 0 Å². The molecule has 1 aromatic rings. The molecule has 1 aromatic heterocycles. The predicted octanol–water partition coefficient (Wildman–Crippen LogP) is 2.04. The van der Waals surface area contributed by atoms with Gasteiger partial charge in [0.25, 0.3) is 0 Å². The average molecular weight is 218 g/mol. The summed E-state index contributed by atoms with van der Waals surface area (Å²) in [7, 11) is 0. The van der Waals surface area contributed by atoms with Gasteiger partial charge in [-0.05, 0) is 19.4 Å². The van der Waals surface area contributed by atoms with E-state index in [2.05, 4.69) is 29.3 Å². The summed E-state index contributed by atoms with van der Waals surface area (Å²) >= 11 is 0. The maximum Gasteiger partial charge on any atom is 0.243 e. The van der Waals surface area contributed by atoms with Gasteiger partial charge in [-0.25, -0.2) is 0 Å². The smallest absolute Gasteiger partial charge is 0.243 e. The molecule has 1 saturated heterocycles. The molecule has 5 heteroatoms. The highest BCUT2D eigenvalue weighted by atomic mass is 35.5. The molecule has 0 aromatic carbocycles. The van der Waals surface area contributed by atoms with E-state index in [1.165, 1.54) is 6.42 Å². The lowest BCUT2D eigenvalue weighted by Gasteiger charge is -2.01. The molecule has 0 amide bonds. The number of nitrogens with zero attached hydrogens (tertiary/aromatic N) is 2. The largest absolute Gasteiger partial charge is 0.338 e. The number of hydrogen-bond acceptors (Lipinski definition) is 4. The molecule has 0 aliphatic carbocycles. The zero-order chi connectivity index (χ0) is 9.26. The van der Waals surface area contributed by atoms with Gasteiger partial charge in [-0.15, -0.1) is 12.4 Å². The van der Waals surface area contributed by atoms with Gasteiger partial charge in [0.05, 0.1) is 6.04 Å². The van der Waals surface area contributed by atoms with Crippen LogP contribution in [0.1, 0.15) is 50.4 Å². The van der Waals surface area contributed by atoms with Crippen molar-refractivity contribution in [1.29, 1.82) is 0 Å². The first-order valence-corrected chi connectivity index (χ1v) is 4.84. The van der Waals surface area contributed by atoms with E-state index in [1.54, 1.807) is 0 Å². The third-order valence-corrected chi connectivity index (χ3v) is 2.33. The molecular weight excluding hydrogens is 202 g/mol. The first-order chi connectivity index (χ1) is 6.27. The van der Waals surface area contributed by atoms with Gasteiger partial charge < -0.3 is 9.84 Å². The third-order valence-electron chi connectivity index (χ3n) is 2.33. The molecular formula is C9H16ClN3O. The molecule has 0 bridgehead atoms. The second kappa shape index (κ2) is 4.75. The van der Waals surface area contributed by atoms with Crippen LogP contribution in [0.4, 0.5) is 0 Å². The summed E-state index contributed by atoms with van der Waals surface area (Å²) in [5.41, 5.74) is 0. The van der Waals surface area contributed by atoms with Crippen molar-refractivity contribution in [2.45, 2.75) is 38.6 Å². The van der Waals surface area contributed by atoms with Gasteiger partial charge in [-0.1, -0.05) is 19.0 Å². The second-order valence-corrected chi connectivity index (χ2v) is 3.79. The van der Waals surface area contributed by atoms with E-state index in [-0.39, 0.29) is 12.4 Å². The van der Waals surface area contributed by atoms with E-state index in [0.717, 1.165) is 24.7 Å². The maximum absolute atomic E-state index is 5.19. The molecule has 1 unspecified atom stereocenters. The number of rotatable bonds is 2. The first kappa shape index (κ1) is 11.5. The van der Waals surface area contributed by atoms with Crippen molar-refractivity contribution in [1.82, 2.24) is 15.5 Å². The van der Waals surface area contributed by atoms with Crippen molar-refractivity contribution >= 4 is 12.4 Å².